The van der Waals surface area contributed by atoms with Gasteiger partial charge in [-0.1, -0.05) is 6.07 Å². The molecule has 1 heterocycles. The van der Waals surface area contributed by atoms with Gasteiger partial charge in [-0.05, 0) is 19.1 Å². The monoisotopic (exact) mass is 170 g/mol. The fourth-order valence-corrected chi connectivity index (χ4v) is 0.787. The molecule has 0 bridgehead atoms. The highest BCUT2D eigenvalue weighted by Crippen LogP contribution is 2.04. The lowest BCUT2D eigenvalue weighted by Gasteiger charge is -2.10. The Morgan fingerprint density at radius 1 is 1.67 bits per heavy atom. The molecule has 0 amide bonds. The molecule has 0 aliphatic heterocycles. The zero-order chi connectivity index (χ0) is 8.97. The van der Waals surface area contributed by atoms with Crippen molar-refractivity contribution in [1.29, 1.82) is 0 Å². The Hall–Kier alpha value is -1.16. The molecular formula is C8H11FN2O. The van der Waals surface area contributed by atoms with Gasteiger partial charge in [-0.3, -0.25) is 0 Å². The summed E-state index contributed by atoms with van der Waals surface area (Å²) in [7, 11) is 0. The Bertz CT molecular complexity index is 255. The van der Waals surface area contributed by atoms with Crippen molar-refractivity contribution in [3.8, 4) is 0 Å². The maximum atomic E-state index is 12.5. The van der Waals surface area contributed by atoms with Crippen molar-refractivity contribution in [1.82, 2.24) is 4.98 Å². The van der Waals surface area contributed by atoms with E-state index in [0.29, 0.717) is 5.82 Å². The van der Waals surface area contributed by atoms with Gasteiger partial charge in [-0.15, -0.1) is 0 Å². The predicted octanol–water partition coefficient (Wildman–Crippen LogP) is 1.01. The summed E-state index contributed by atoms with van der Waals surface area (Å²) in [5, 5.41) is 11.5. The smallest absolute Gasteiger partial charge is 0.214 e. The molecule has 0 aliphatic rings. The van der Waals surface area contributed by atoms with Crippen molar-refractivity contribution in [2.45, 2.75) is 13.0 Å². The van der Waals surface area contributed by atoms with Gasteiger partial charge >= 0.3 is 0 Å². The molecule has 2 N–H and O–H groups in total. The quantitative estimate of drug-likeness (QED) is 0.665. The summed E-state index contributed by atoms with van der Waals surface area (Å²) in [6.45, 7) is 1.78. The molecule has 0 saturated carbocycles. The number of anilines is 1. The molecule has 0 aromatic carbocycles. The lowest BCUT2D eigenvalue weighted by molar-refractivity contribution is 0.281. The van der Waals surface area contributed by atoms with E-state index < -0.39 is 5.95 Å². The maximum Gasteiger partial charge on any atom is 0.214 e. The van der Waals surface area contributed by atoms with Crippen LogP contribution in [0.25, 0.3) is 0 Å². The van der Waals surface area contributed by atoms with E-state index in [-0.39, 0.29) is 12.6 Å². The van der Waals surface area contributed by atoms with Crippen LogP contribution in [0.3, 0.4) is 0 Å². The summed E-state index contributed by atoms with van der Waals surface area (Å²) in [6.07, 6.45) is 0. The highest BCUT2D eigenvalue weighted by atomic mass is 19.1. The average molecular weight is 170 g/mol. The lowest BCUT2D eigenvalue weighted by Crippen LogP contribution is -2.20. The molecule has 66 valence electrons. The van der Waals surface area contributed by atoms with Crippen molar-refractivity contribution >= 4 is 5.82 Å². The van der Waals surface area contributed by atoms with Gasteiger partial charge in [-0.2, -0.15) is 4.39 Å². The van der Waals surface area contributed by atoms with Crippen LogP contribution in [-0.2, 0) is 0 Å². The van der Waals surface area contributed by atoms with Gasteiger partial charge < -0.3 is 10.4 Å². The first-order valence-corrected chi connectivity index (χ1v) is 3.72. The average Bonchev–Trinajstić information content (AvgIpc) is 2.04. The van der Waals surface area contributed by atoms with Gasteiger partial charge in [0, 0.05) is 6.04 Å². The SMILES string of the molecule is CC(CO)Nc1cccc(F)n1. The highest BCUT2D eigenvalue weighted by molar-refractivity contribution is 5.34. The number of aliphatic hydroxyl groups excluding tert-OH is 1. The van der Waals surface area contributed by atoms with Crippen molar-refractivity contribution in [3.63, 3.8) is 0 Å². The topological polar surface area (TPSA) is 45.1 Å². The molecule has 4 heteroatoms. The summed E-state index contributed by atoms with van der Waals surface area (Å²) in [4.78, 5) is 3.57. The first-order valence-electron chi connectivity index (χ1n) is 3.72. The minimum absolute atomic E-state index is 0.00179. The molecule has 0 saturated heterocycles. The molecule has 0 fully saturated rings. The number of rotatable bonds is 3. The van der Waals surface area contributed by atoms with Gasteiger partial charge in [0.2, 0.25) is 5.95 Å². The van der Waals surface area contributed by atoms with E-state index in [2.05, 4.69) is 10.3 Å². The lowest BCUT2D eigenvalue weighted by atomic mass is 10.3. The van der Waals surface area contributed by atoms with Gasteiger partial charge in [0.1, 0.15) is 5.82 Å². The van der Waals surface area contributed by atoms with Crippen LogP contribution in [-0.4, -0.2) is 22.7 Å². The van der Waals surface area contributed by atoms with Crippen LogP contribution < -0.4 is 5.32 Å². The summed E-state index contributed by atoms with van der Waals surface area (Å²) < 4.78 is 12.5. The number of hydrogen-bond acceptors (Lipinski definition) is 3. The highest BCUT2D eigenvalue weighted by Gasteiger charge is 2.00. The number of aromatic nitrogens is 1. The van der Waals surface area contributed by atoms with Crippen molar-refractivity contribution < 1.29 is 9.50 Å². The van der Waals surface area contributed by atoms with Crippen LogP contribution in [0.5, 0.6) is 0 Å². The predicted molar refractivity (Wildman–Crippen MR) is 44.4 cm³/mol. The van der Waals surface area contributed by atoms with E-state index in [1.54, 1.807) is 19.1 Å². The van der Waals surface area contributed by atoms with E-state index in [0.717, 1.165) is 0 Å². The normalized spacial score (nSPS) is 12.6. The molecule has 1 atom stereocenters. The molecule has 1 aromatic rings. The molecule has 1 rings (SSSR count). The minimum Gasteiger partial charge on any atom is -0.394 e. The Kier molecular flexibility index (Phi) is 2.99. The number of hydrogen-bond donors (Lipinski definition) is 2. The van der Waals surface area contributed by atoms with E-state index in [9.17, 15) is 4.39 Å². The molecule has 3 nitrogen and oxygen atoms in total. The van der Waals surface area contributed by atoms with Crippen LogP contribution in [0.4, 0.5) is 10.2 Å². The molecule has 0 radical (unpaired) electrons. The molecule has 1 unspecified atom stereocenters. The van der Waals surface area contributed by atoms with Crippen molar-refractivity contribution in [3.05, 3.63) is 24.1 Å². The van der Waals surface area contributed by atoms with Gasteiger partial charge in [0.15, 0.2) is 0 Å². The molecule has 1 aromatic heterocycles. The molecular weight excluding hydrogens is 159 g/mol. The zero-order valence-electron chi connectivity index (χ0n) is 6.79. The van der Waals surface area contributed by atoms with Crippen LogP contribution in [0.1, 0.15) is 6.92 Å². The largest absolute Gasteiger partial charge is 0.394 e. The number of nitrogens with zero attached hydrogens (tertiary/aromatic N) is 1. The van der Waals surface area contributed by atoms with Crippen molar-refractivity contribution in [2.75, 3.05) is 11.9 Å². The molecule has 0 spiro atoms. The van der Waals surface area contributed by atoms with Crippen LogP contribution >= 0.6 is 0 Å². The minimum atomic E-state index is -0.523. The third-order valence-corrected chi connectivity index (χ3v) is 1.38. The van der Waals surface area contributed by atoms with Gasteiger partial charge in [0.05, 0.1) is 6.61 Å². The second-order valence-electron chi connectivity index (χ2n) is 2.57. The molecule has 12 heavy (non-hydrogen) atoms. The number of halogens is 1. The molecule has 0 aliphatic carbocycles. The van der Waals surface area contributed by atoms with Gasteiger partial charge in [0.25, 0.3) is 0 Å². The first kappa shape index (κ1) is 8.93. The number of pyridine rings is 1. The van der Waals surface area contributed by atoms with E-state index in [1.165, 1.54) is 6.07 Å². The third kappa shape index (κ3) is 2.47. The zero-order valence-corrected chi connectivity index (χ0v) is 6.79. The Balaban J connectivity index is 2.63. The fourth-order valence-electron chi connectivity index (χ4n) is 0.787. The van der Waals surface area contributed by atoms with Crippen LogP contribution in [0.15, 0.2) is 18.2 Å². The fraction of sp³-hybridized carbons (Fsp3) is 0.375. The van der Waals surface area contributed by atoms with Gasteiger partial charge in [-0.25, -0.2) is 4.98 Å². The van der Waals surface area contributed by atoms with Crippen LogP contribution in [0, 0.1) is 5.95 Å². The Labute approximate surface area is 70.3 Å². The Morgan fingerprint density at radius 2 is 2.42 bits per heavy atom. The standard InChI is InChI=1S/C8H11FN2O/c1-6(5-12)10-8-4-2-3-7(9)11-8/h2-4,6,12H,5H2,1H3,(H,10,11). The summed E-state index contributed by atoms with van der Waals surface area (Å²) in [6, 6.07) is 4.37. The number of aliphatic hydroxyl groups is 1. The summed E-state index contributed by atoms with van der Waals surface area (Å²) in [5.41, 5.74) is 0. The summed E-state index contributed by atoms with van der Waals surface area (Å²) >= 11 is 0. The third-order valence-electron chi connectivity index (χ3n) is 1.38. The second-order valence-corrected chi connectivity index (χ2v) is 2.57. The maximum absolute atomic E-state index is 12.5. The van der Waals surface area contributed by atoms with E-state index in [4.69, 9.17) is 5.11 Å². The van der Waals surface area contributed by atoms with Crippen molar-refractivity contribution in [2.24, 2.45) is 0 Å². The Morgan fingerprint density at radius 3 is 3.00 bits per heavy atom. The first-order chi connectivity index (χ1) is 5.72. The summed E-state index contributed by atoms with van der Waals surface area (Å²) in [5.74, 6) is -0.0818. The number of nitrogens with one attached hydrogen (secondary N) is 1. The van der Waals surface area contributed by atoms with E-state index >= 15 is 0 Å². The second kappa shape index (κ2) is 4.01. The van der Waals surface area contributed by atoms with E-state index in [1.807, 2.05) is 0 Å². The van der Waals surface area contributed by atoms with Crippen LogP contribution in [0.2, 0.25) is 0 Å².